The zero-order valence-corrected chi connectivity index (χ0v) is 16.4. The smallest absolute Gasteiger partial charge is 0.337 e. The molecule has 1 aliphatic rings. The third-order valence-corrected chi connectivity index (χ3v) is 4.74. The van der Waals surface area contributed by atoms with Crippen LogP contribution in [-0.2, 0) is 4.79 Å². The minimum Gasteiger partial charge on any atom is -0.479 e. The van der Waals surface area contributed by atoms with E-state index in [2.05, 4.69) is 21.2 Å². The van der Waals surface area contributed by atoms with Gasteiger partial charge >= 0.3 is 5.97 Å². The van der Waals surface area contributed by atoms with Crippen LogP contribution in [0.15, 0.2) is 52.8 Å². The van der Waals surface area contributed by atoms with Crippen molar-refractivity contribution in [1.29, 1.82) is 0 Å². The lowest BCUT2D eigenvalue weighted by atomic mass is 9.83. The number of hydrogen-bond acceptors (Lipinski definition) is 5. The molecule has 3 atom stereocenters. The van der Waals surface area contributed by atoms with Gasteiger partial charge in [0.15, 0.2) is 5.60 Å². The van der Waals surface area contributed by atoms with Crippen molar-refractivity contribution in [2.24, 2.45) is 11.7 Å². The van der Waals surface area contributed by atoms with Crippen molar-refractivity contribution in [3.63, 3.8) is 0 Å². The van der Waals surface area contributed by atoms with Crippen molar-refractivity contribution < 1.29 is 19.7 Å². The van der Waals surface area contributed by atoms with Gasteiger partial charge in [0.2, 0.25) is 0 Å². The molecule has 26 heavy (non-hydrogen) atoms. The Morgan fingerprint density at radius 2 is 2.04 bits per heavy atom. The van der Waals surface area contributed by atoms with Crippen LogP contribution >= 0.6 is 15.9 Å². The van der Waals surface area contributed by atoms with Gasteiger partial charge < -0.3 is 26.0 Å². The molecule has 0 saturated carbocycles. The van der Waals surface area contributed by atoms with Crippen LogP contribution in [-0.4, -0.2) is 33.9 Å². The molecule has 0 amide bonds. The van der Waals surface area contributed by atoms with Gasteiger partial charge in [-0.25, -0.2) is 4.79 Å². The predicted molar refractivity (Wildman–Crippen MR) is 104 cm³/mol. The summed E-state index contributed by atoms with van der Waals surface area (Å²) >= 11 is 3.37. The van der Waals surface area contributed by atoms with Crippen molar-refractivity contribution in [2.75, 3.05) is 0 Å². The van der Waals surface area contributed by atoms with E-state index in [1.165, 1.54) is 0 Å². The van der Waals surface area contributed by atoms with E-state index in [1.807, 2.05) is 38.1 Å². The van der Waals surface area contributed by atoms with Crippen LogP contribution in [0, 0.1) is 5.92 Å². The molecule has 1 heterocycles. The van der Waals surface area contributed by atoms with Crippen LogP contribution in [0.3, 0.4) is 0 Å². The fraction of sp³-hybridized carbons (Fsp3) is 0.421. The lowest BCUT2D eigenvalue weighted by molar-refractivity contribution is -0.162. The van der Waals surface area contributed by atoms with Gasteiger partial charge in [0.25, 0.3) is 0 Å². The van der Waals surface area contributed by atoms with Crippen LogP contribution in [0.5, 0.6) is 5.75 Å². The first kappa shape index (κ1) is 20.5. The molecule has 0 spiro atoms. The molecule has 0 aliphatic carbocycles. The Bertz CT molecular complexity index is 687. The minimum atomic E-state index is -2.02. The predicted octanol–water partition coefficient (Wildman–Crippen LogP) is 2.78. The summed E-state index contributed by atoms with van der Waals surface area (Å²) < 4.78 is 6.74. The maximum absolute atomic E-state index is 11.7. The number of rotatable bonds is 8. The molecule has 7 heteroatoms. The number of allylic oxidation sites excluding steroid dienone is 1. The fourth-order valence-corrected chi connectivity index (χ4v) is 3.08. The van der Waals surface area contributed by atoms with E-state index in [0.29, 0.717) is 17.9 Å². The molecule has 1 aromatic rings. The van der Waals surface area contributed by atoms with Gasteiger partial charge in [0, 0.05) is 23.1 Å². The molecule has 142 valence electrons. The SMILES string of the molecule is CC(C)C[C@H](N)[C@](O)(CC1C=C(Oc2ccc(Br)cc2)C=CN1)C(=O)O. The standard InChI is InChI=1S/C19H25BrN2O4/c1-12(2)9-17(21)19(25,18(23)24)11-14-10-16(7-8-22-14)26-15-5-3-13(20)4-6-15/h3-8,10,12,14,17,22,25H,9,11,21H2,1-2H3,(H,23,24)/t14?,17-,19+/m0/s1. The van der Waals surface area contributed by atoms with Crippen molar-refractivity contribution >= 4 is 21.9 Å². The normalized spacial score (nSPS) is 20.1. The van der Waals surface area contributed by atoms with Gasteiger partial charge in [0.1, 0.15) is 11.5 Å². The Kier molecular flexibility index (Phi) is 6.86. The van der Waals surface area contributed by atoms with E-state index in [0.717, 1.165) is 4.47 Å². The minimum absolute atomic E-state index is 0.0617. The highest BCUT2D eigenvalue weighted by Gasteiger charge is 2.44. The van der Waals surface area contributed by atoms with Gasteiger partial charge in [-0.1, -0.05) is 29.8 Å². The third kappa shape index (κ3) is 5.33. The number of aliphatic carboxylic acids is 1. The largest absolute Gasteiger partial charge is 0.479 e. The maximum atomic E-state index is 11.7. The Hall–Kier alpha value is -1.83. The highest BCUT2D eigenvalue weighted by atomic mass is 79.9. The molecule has 2 rings (SSSR count). The van der Waals surface area contributed by atoms with Crippen LogP contribution in [0.2, 0.25) is 0 Å². The Morgan fingerprint density at radius 1 is 1.38 bits per heavy atom. The number of nitrogens with one attached hydrogen (secondary N) is 1. The van der Waals surface area contributed by atoms with E-state index >= 15 is 0 Å². The summed E-state index contributed by atoms with van der Waals surface area (Å²) in [6.45, 7) is 3.88. The van der Waals surface area contributed by atoms with E-state index in [1.54, 1.807) is 18.4 Å². The number of carboxylic acids is 1. The summed E-state index contributed by atoms with van der Waals surface area (Å²) in [4.78, 5) is 11.7. The lowest BCUT2D eigenvalue weighted by Gasteiger charge is -2.34. The number of benzene rings is 1. The van der Waals surface area contributed by atoms with E-state index in [4.69, 9.17) is 10.5 Å². The van der Waals surface area contributed by atoms with Crippen LogP contribution in [0.4, 0.5) is 0 Å². The first-order chi connectivity index (χ1) is 12.2. The number of dihydropyridines is 1. The first-order valence-electron chi connectivity index (χ1n) is 8.50. The Labute approximate surface area is 161 Å². The molecular weight excluding hydrogens is 400 g/mol. The highest BCUT2D eigenvalue weighted by molar-refractivity contribution is 9.10. The number of ether oxygens (including phenoxy) is 1. The quantitative estimate of drug-likeness (QED) is 0.511. The second-order valence-electron chi connectivity index (χ2n) is 6.90. The molecule has 5 N–H and O–H groups in total. The van der Waals surface area contributed by atoms with Crippen molar-refractivity contribution in [1.82, 2.24) is 5.32 Å². The maximum Gasteiger partial charge on any atom is 0.337 e. The second-order valence-corrected chi connectivity index (χ2v) is 7.82. The van der Waals surface area contributed by atoms with Gasteiger partial charge in [-0.15, -0.1) is 0 Å². The number of hydrogen-bond donors (Lipinski definition) is 4. The Balaban J connectivity index is 2.11. The average Bonchev–Trinajstić information content (AvgIpc) is 2.56. The molecule has 1 unspecified atom stereocenters. The van der Waals surface area contributed by atoms with Crippen molar-refractivity contribution in [3.05, 3.63) is 52.8 Å². The number of nitrogens with two attached hydrogens (primary N) is 1. The first-order valence-corrected chi connectivity index (χ1v) is 9.29. The monoisotopic (exact) mass is 424 g/mol. The molecule has 6 nitrogen and oxygen atoms in total. The summed E-state index contributed by atoms with van der Waals surface area (Å²) in [5.74, 6) is 0.101. The third-order valence-electron chi connectivity index (χ3n) is 4.21. The molecule has 0 aromatic heterocycles. The van der Waals surface area contributed by atoms with Crippen LogP contribution < -0.4 is 15.8 Å². The van der Waals surface area contributed by atoms with E-state index < -0.39 is 23.7 Å². The zero-order chi connectivity index (χ0) is 19.3. The zero-order valence-electron chi connectivity index (χ0n) is 14.9. The van der Waals surface area contributed by atoms with Crippen LogP contribution in [0.1, 0.15) is 26.7 Å². The summed E-state index contributed by atoms with van der Waals surface area (Å²) in [6, 6.07) is 6.10. The molecule has 1 aromatic carbocycles. The number of carboxylic acid groups (broad SMARTS) is 1. The summed E-state index contributed by atoms with van der Waals surface area (Å²) in [5, 5.41) is 23.3. The number of halogens is 1. The van der Waals surface area contributed by atoms with Crippen molar-refractivity contribution in [2.45, 2.75) is 44.4 Å². The molecule has 0 bridgehead atoms. The van der Waals surface area contributed by atoms with E-state index in [9.17, 15) is 15.0 Å². The van der Waals surface area contributed by atoms with Crippen LogP contribution in [0.25, 0.3) is 0 Å². The average molecular weight is 425 g/mol. The summed E-state index contributed by atoms with van der Waals surface area (Å²) in [6.07, 6.45) is 5.52. The number of carbonyl (C=O) groups is 1. The topological polar surface area (TPSA) is 105 Å². The van der Waals surface area contributed by atoms with Gasteiger partial charge in [-0.3, -0.25) is 0 Å². The van der Waals surface area contributed by atoms with Gasteiger partial charge in [0.05, 0.1) is 6.04 Å². The second kappa shape index (κ2) is 8.70. The highest BCUT2D eigenvalue weighted by Crippen LogP contribution is 2.25. The lowest BCUT2D eigenvalue weighted by Crippen LogP contribution is -2.57. The van der Waals surface area contributed by atoms with Gasteiger partial charge in [-0.2, -0.15) is 0 Å². The number of aliphatic hydroxyl groups is 1. The van der Waals surface area contributed by atoms with Crippen molar-refractivity contribution in [3.8, 4) is 5.75 Å². The van der Waals surface area contributed by atoms with Gasteiger partial charge in [-0.05, 0) is 48.8 Å². The molecular formula is C19H25BrN2O4. The summed E-state index contributed by atoms with van der Waals surface area (Å²) in [5.41, 5.74) is 3.99. The molecule has 0 radical (unpaired) electrons. The molecule has 0 fully saturated rings. The summed E-state index contributed by atoms with van der Waals surface area (Å²) in [7, 11) is 0. The van der Waals surface area contributed by atoms with E-state index in [-0.39, 0.29) is 12.3 Å². The fourth-order valence-electron chi connectivity index (χ4n) is 2.82. The molecule has 0 saturated heterocycles. The Morgan fingerprint density at radius 3 is 2.62 bits per heavy atom. The molecule has 1 aliphatic heterocycles.